The molecule has 0 radical (unpaired) electrons. The minimum atomic E-state index is 0.166. The maximum atomic E-state index is 9.07. The highest BCUT2D eigenvalue weighted by atomic mass is 32.1. The van der Waals surface area contributed by atoms with Crippen molar-refractivity contribution < 1.29 is 10.2 Å². The molecule has 0 aliphatic heterocycles. The summed E-state index contributed by atoms with van der Waals surface area (Å²) in [5.41, 5.74) is 6.16. The van der Waals surface area contributed by atoms with E-state index in [1.54, 1.807) is 0 Å². The molecule has 0 atom stereocenters. The van der Waals surface area contributed by atoms with Gasteiger partial charge in [-0.05, 0) is 61.6 Å². The first-order valence-corrected chi connectivity index (χ1v) is 8.80. The Hall–Kier alpha value is -0.390. The van der Waals surface area contributed by atoms with Crippen LogP contribution in [0.5, 0.6) is 0 Å². The zero-order chi connectivity index (χ0) is 17.2. The van der Waals surface area contributed by atoms with Crippen molar-refractivity contribution in [1.82, 2.24) is 4.90 Å². The van der Waals surface area contributed by atoms with Gasteiger partial charge < -0.3 is 20.8 Å². The Labute approximate surface area is 142 Å². The Kier molecular flexibility index (Phi) is 10.2. The van der Waals surface area contributed by atoms with Gasteiger partial charge in [0, 0.05) is 26.3 Å². The summed E-state index contributed by atoms with van der Waals surface area (Å²) < 4.78 is 0. The monoisotopic (exact) mass is 332 g/mol. The molecule has 4 N–H and O–H groups in total. The smallest absolute Gasteiger partial charge is 0.166 e. The van der Waals surface area contributed by atoms with Crippen molar-refractivity contribution >= 4 is 17.3 Å². The van der Waals surface area contributed by atoms with Crippen LogP contribution in [0.1, 0.15) is 66.2 Å². The molecule has 0 aromatic rings. The van der Waals surface area contributed by atoms with Gasteiger partial charge in [-0.1, -0.05) is 27.7 Å². The summed E-state index contributed by atoms with van der Waals surface area (Å²) in [5.74, 6) is 0. The summed E-state index contributed by atoms with van der Waals surface area (Å²) in [6.07, 6.45) is 5.84. The van der Waals surface area contributed by atoms with E-state index in [1.165, 1.54) is 0 Å². The number of hydrogen-bond acceptors (Lipinski definition) is 3. The molecule has 0 saturated carbocycles. The molecular formula is C17H36N2O2S. The molecule has 4 nitrogen and oxygen atoms in total. The Balaban J connectivity index is 4.15. The van der Waals surface area contributed by atoms with E-state index < -0.39 is 0 Å². The molecule has 0 bridgehead atoms. The second kappa shape index (κ2) is 10.4. The minimum absolute atomic E-state index is 0.166. The summed E-state index contributed by atoms with van der Waals surface area (Å²) in [7, 11) is 0. The summed E-state index contributed by atoms with van der Waals surface area (Å²) in [6.45, 7) is 11.0. The third-order valence-corrected chi connectivity index (χ3v) is 4.71. The van der Waals surface area contributed by atoms with Crippen molar-refractivity contribution in [3.05, 3.63) is 0 Å². The molecule has 0 aliphatic rings. The molecule has 0 saturated heterocycles. The third kappa shape index (κ3) is 10.4. The Bertz CT molecular complexity index is 296. The normalized spacial score (nSPS) is 12.5. The lowest BCUT2D eigenvalue weighted by Gasteiger charge is -2.29. The molecule has 132 valence electrons. The fourth-order valence-electron chi connectivity index (χ4n) is 2.68. The highest BCUT2D eigenvalue weighted by molar-refractivity contribution is 7.80. The lowest BCUT2D eigenvalue weighted by Crippen LogP contribution is -2.37. The number of aliphatic hydroxyl groups is 2. The Morgan fingerprint density at radius 1 is 0.864 bits per heavy atom. The minimum Gasteiger partial charge on any atom is -0.396 e. The summed E-state index contributed by atoms with van der Waals surface area (Å²) in [6, 6.07) is 0. The Morgan fingerprint density at radius 3 is 1.50 bits per heavy atom. The summed E-state index contributed by atoms with van der Waals surface area (Å²) >= 11 is 5.16. The fourth-order valence-corrected chi connectivity index (χ4v) is 2.87. The quantitative estimate of drug-likeness (QED) is 0.479. The first-order chi connectivity index (χ1) is 10.1. The van der Waals surface area contributed by atoms with Gasteiger partial charge in [0.2, 0.25) is 0 Å². The van der Waals surface area contributed by atoms with Crippen molar-refractivity contribution in [2.45, 2.75) is 66.2 Å². The predicted octanol–water partition coefficient (Wildman–Crippen LogP) is 2.91. The molecule has 0 heterocycles. The molecule has 0 spiro atoms. The third-order valence-electron chi connectivity index (χ3n) is 4.45. The second-order valence-corrected chi connectivity index (χ2v) is 8.23. The number of thiocarbonyl (C=S) groups is 1. The van der Waals surface area contributed by atoms with Gasteiger partial charge in [0.1, 0.15) is 0 Å². The van der Waals surface area contributed by atoms with Crippen LogP contribution in [0.25, 0.3) is 0 Å². The lowest BCUT2D eigenvalue weighted by molar-refractivity contribution is 0.190. The van der Waals surface area contributed by atoms with Crippen LogP contribution in [0.2, 0.25) is 0 Å². The standard InChI is InChI=1S/C17H36N2O2S/c1-16(2,9-13-20)7-5-11-19(15(18)22)12-6-8-17(3,4)10-14-21/h20-21H,5-14H2,1-4H3,(H2,18,22). The molecule has 0 amide bonds. The zero-order valence-electron chi connectivity index (χ0n) is 14.9. The number of nitrogens with two attached hydrogens (primary N) is 1. The first kappa shape index (κ1) is 21.6. The topological polar surface area (TPSA) is 69.7 Å². The van der Waals surface area contributed by atoms with E-state index in [2.05, 4.69) is 32.6 Å². The van der Waals surface area contributed by atoms with Crippen LogP contribution in [0.15, 0.2) is 0 Å². The predicted molar refractivity (Wildman–Crippen MR) is 97.8 cm³/mol. The van der Waals surface area contributed by atoms with Crippen LogP contribution in [0.3, 0.4) is 0 Å². The van der Waals surface area contributed by atoms with Gasteiger partial charge in [0.05, 0.1) is 0 Å². The van der Waals surface area contributed by atoms with Gasteiger partial charge in [0.15, 0.2) is 5.11 Å². The van der Waals surface area contributed by atoms with Crippen LogP contribution in [0, 0.1) is 10.8 Å². The second-order valence-electron chi connectivity index (χ2n) is 7.81. The van der Waals surface area contributed by atoms with Gasteiger partial charge in [-0.3, -0.25) is 0 Å². The molecular weight excluding hydrogens is 296 g/mol. The van der Waals surface area contributed by atoms with Gasteiger partial charge in [-0.25, -0.2) is 0 Å². The first-order valence-electron chi connectivity index (χ1n) is 8.40. The van der Waals surface area contributed by atoms with E-state index in [4.69, 9.17) is 28.2 Å². The van der Waals surface area contributed by atoms with Crippen molar-refractivity contribution in [3.8, 4) is 0 Å². The summed E-state index contributed by atoms with van der Waals surface area (Å²) in [5, 5.41) is 18.6. The van der Waals surface area contributed by atoms with Crippen LogP contribution < -0.4 is 5.73 Å². The van der Waals surface area contributed by atoms with Crippen molar-refractivity contribution in [2.24, 2.45) is 16.6 Å². The van der Waals surface area contributed by atoms with Gasteiger partial charge >= 0.3 is 0 Å². The highest BCUT2D eigenvalue weighted by Gasteiger charge is 2.19. The maximum absolute atomic E-state index is 9.07. The van der Waals surface area contributed by atoms with Crippen molar-refractivity contribution in [2.75, 3.05) is 26.3 Å². The van der Waals surface area contributed by atoms with Crippen LogP contribution >= 0.6 is 12.2 Å². The van der Waals surface area contributed by atoms with Crippen molar-refractivity contribution in [3.63, 3.8) is 0 Å². The molecule has 0 fully saturated rings. The largest absolute Gasteiger partial charge is 0.396 e. The Morgan fingerprint density at radius 2 is 1.23 bits per heavy atom. The van der Waals surface area contributed by atoms with E-state index in [0.29, 0.717) is 5.11 Å². The van der Waals surface area contributed by atoms with Gasteiger partial charge in [-0.2, -0.15) is 0 Å². The molecule has 0 aromatic heterocycles. The van der Waals surface area contributed by atoms with Crippen LogP contribution in [-0.4, -0.2) is 46.5 Å². The van der Waals surface area contributed by atoms with Crippen molar-refractivity contribution in [1.29, 1.82) is 0 Å². The molecule has 0 aromatic carbocycles. The SMILES string of the molecule is CC(C)(CCO)CCCN(CCCC(C)(C)CCO)C(N)=S. The van der Waals surface area contributed by atoms with Crippen LogP contribution in [-0.2, 0) is 0 Å². The van der Waals surface area contributed by atoms with Gasteiger partial charge in [0.25, 0.3) is 0 Å². The van der Waals surface area contributed by atoms with E-state index in [1.807, 2.05) is 0 Å². The highest BCUT2D eigenvalue weighted by Crippen LogP contribution is 2.27. The number of aliphatic hydroxyl groups excluding tert-OH is 2. The van der Waals surface area contributed by atoms with E-state index in [-0.39, 0.29) is 24.0 Å². The average molecular weight is 333 g/mol. The summed E-state index contributed by atoms with van der Waals surface area (Å²) in [4.78, 5) is 2.08. The molecule has 0 unspecified atom stereocenters. The van der Waals surface area contributed by atoms with E-state index in [0.717, 1.165) is 51.6 Å². The number of hydrogen-bond donors (Lipinski definition) is 3. The number of nitrogens with zero attached hydrogens (tertiary/aromatic N) is 1. The molecule has 5 heteroatoms. The van der Waals surface area contributed by atoms with Crippen LogP contribution in [0.4, 0.5) is 0 Å². The van der Waals surface area contributed by atoms with Gasteiger partial charge in [-0.15, -0.1) is 0 Å². The van der Waals surface area contributed by atoms with E-state index in [9.17, 15) is 0 Å². The molecule has 0 rings (SSSR count). The molecule has 22 heavy (non-hydrogen) atoms. The zero-order valence-corrected chi connectivity index (χ0v) is 15.7. The maximum Gasteiger partial charge on any atom is 0.166 e. The number of rotatable bonds is 12. The lowest BCUT2D eigenvalue weighted by atomic mass is 9.84. The molecule has 0 aliphatic carbocycles. The fraction of sp³-hybridized carbons (Fsp3) is 0.941. The van der Waals surface area contributed by atoms with E-state index >= 15 is 0 Å². The average Bonchev–Trinajstić information content (AvgIpc) is 2.36.